The fourth-order valence-corrected chi connectivity index (χ4v) is 3.14. The van der Waals surface area contributed by atoms with Gasteiger partial charge in [0.15, 0.2) is 0 Å². The van der Waals surface area contributed by atoms with Crippen molar-refractivity contribution in [1.29, 1.82) is 0 Å². The summed E-state index contributed by atoms with van der Waals surface area (Å²) in [6.45, 7) is 4.01. The van der Waals surface area contributed by atoms with Crippen molar-refractivity contribution in [3.63, 3.8) is 0 Å². The summed E-state index contributed by atoms with van der Waals surface area (Å²) < 4.78 is 0. The minimum absolute atomic E-state index is 0.00330. The molecule has 0 fully saturated rings. The lowest BCUT2D eigenvalue weighted by molar-refractivity contribution is -0.123. The largest absolute Gasteiger partial charge is 0.353 e. The van der Waals surface area contributed by atoms with E-state index in [1.807, 2.05) is 50.2 Å². The molecule has 2 aromatic rings. The van der Waals surface area contributed by atoms with Crippen molar-refractivity contribution in [2.45, 2.75) is 58.0 Å². The Hall–Kier alpha value is -2.62. The number of nitrogens with one attached hydrogen (secondary N) is 2. The molecule has 0 heterocycles. The molecule has 0 aliphatic carbocycles. The highest BCUT2D eigenvalue weighted by atomic mass is 16.2. The molecule has 4 heteroatoms. The Morgan fingerprint density at radius 2 is 1.07 bits per heavy atom. The van der Waals surface area contributed by atoms with Crippen LogP contribution in [0.1, 0.15) is 44.2 Å². The van der Waals surface area contributed by atoms with Crippen LogP contribution >= 0.6 is 0 Å². The first-order valence-corrected chi connectivity index (χ1v) is 9.69. The molecule has 0 aliphatic rings. The summed E-state index contributed by atoms with van der Waals surface area (Å²) in [4.78, 5) is 24.1. The average Bonchev–Trinajstić information content (AvgIpc) is 2.63. The lowest BCUT2D eigenvalue weighted by atomic mass is 10.1. The van der Waals surface area contributed by atoms with Crippen LogP contribution in [0.15, 0.2) is 60.7 Å². The van der Waals surface area contributed by atoms with Crippen molar-refractivity contribution in [2.24, 2.45) is 0 Å². The maximum absolute atomic E-state index is 12.0. The molecule has 2 rings (SSSR count). The number of carbonyl (C=O) groups is 2. The number of hydrogen-bond acceptors (Lipinski definition) is 2. The molecule has 2 amide bonds. The number of amides is 2. The summed E-state index contributed by atoms with van der Waals surface area (Å²) in [7, 11) is 0. The number of benzene rings is 2. The maximum Gasteiger partial charge on any atom is 0.220 e. The lowest BCUT2D eigenvalue weighted by Crippen LogP contribution is -2.35. The zero-order chi connectivity index (χ0) is 19.5. The molecule has 0 bridgehead atoms. The van der Waals surface area contributed by atoms with E-state index in [0.717, 1.165) is 12.8 Å². The van der Waals surface area contributed by atoms with Gasteiger partial charge < -0.3 is 10.6 Å². The molecule has 2 aromatic carbocycles. The van der Waals surface area contributed by atoms with Crippen LogP contribution in [0.4, 0.5) is 0 Å². The molecule has 0 spiro atoms. The highest BCUT2D eigenvalue weighted by Gasteiger charge is 2.11. The van der Waals surface area contributed by atoms with Crippen LogP contribution in [-0.2, 0) is 22.4 Å². The van der Waals surface area contributed by atoms with Gasteiger partial charge in [-0.2, -0.15) is 0 Å². The van der Waals surface area contributed by atoms with Crippen molar-refractivity contribution in [3.05, 3.63) is 71.8 Å². The quantitative estimate of drug-likeness (QED) is 0.674. The van der Waals surface area contributed by atoms with E-state index in [-0.39, 0.29) is 23.9 Å². The predicted molar refractivity (Wildman–Crippen MR) is 109 cm³/mol. The third-order valence-electron chi connectivity index (χ3n) is 4.39. The van der Waals surface area contributed by atoms with Crippen LogP contribution in [0.2, 0.25) is 0 Å². The van der Waals surface area contributed by atoms with Gasteiger partial charge in [0.05, 0.1) is 0 Å². The van der Waals surface area contributed by atoms with E-state index in [9.17, 15) is 9.59 Å². The second kappa shape index (κ2) is 11.2. The summed E-state index contributed by atoms with van der Waals surface area (Å²) in [6.07, 6.45) is 2.93. The summed E-state index contributed by atoms with van der Waals surface area (Å²) in [5.41, 5.74) is 2.41. The van der Waals surface area contributed by atoms with E-state index in [1.54, 1.807) is 0 Å². The van der Waals surface area contributed by atoms with Crippen LogP contribution in [0, 0.1) is 0 Å². The van der Waals surface area contributed by atoms with Gasteiger partial charge in [-0.25, -0.2) is 0 Å². The van der Waals surface area contributed by atoms with E-state index in [2.05, 4.69) is 34.9 Å². The minimum Gasteiger partial charge on any atom is -0.353 e. The average molecular weight is 367 g/mol. The minimum atomic E-state index is 0.00330. The molecule has 0 aliphatic heterocycles. The third-order valence-corrected chi connectivity index (χ3v) is 4.39. The van der Waals surface area contributed by atoms with E-state index >= 15 is 0 Å². The van der Waals surface area contributed by atoms with E-state index in [4.69, 9.17) is 0 Å². The van der Waals surface area contributed by atoms with E-state index < -0.39 is 0 Å². The highest BCUT2D eigenvalue weighted by molar-refractivity contribution is 5.79. The molecule has 0 radical (unpaired) electrons. The molecule has 4 nitrogen and oxygen atoms in total. The standard InChI is InChI=1S/C23H30N2O2/c1-18(16-20-10-5-3-6-11-20)24-22(26)14-9-15-23(27)25-19(2)17-21-12-7-4-8-13-21/h3-8,10-13,18-19H,9,14-17H2,1-2H3,(H,24,26)(H,25,27)/t18-,19+. The number of hydrogen-bond donors (Lipinski definition) is 2. The van der Waals surface area contributed by atoms with Gasteiger partial charge in [-0.15, -0.1) is 0 Å². The second-order valence-corrected chi connectivity index (χ2v) is 7.17. The van der Waals surface area contributed by atoms with E-state index in [1.165, 1.54) is 11.1 Å². The van der Waals surface area contributed by atoms with Crippen molar-refractivity contribution >= 4 is 11.8 Å². The zero-order valence-corrected chi connectivity index (χ0v) is 16.3. The van der Waals surface area contributed by atoms with Gasteiger partial charge >= 0.3 is 0 Å². The fourth-order valence-electron chi connectivity index (χ4n) is 3.14. The Morgan fingerprint density at radius 3 is 1.44 bits per heavy atom. The van der Waals surface area contributed by atoms with Crippen molar-refractivity contribution in [3.8, 4) is 0 Å². The summed E-state index contributed by atoms with van der Waals surface area (Å²) in [6, 6.07) is 20.4. The third kappa shape index (κ3) is 8.54. The summed E-state index contributed by atoms with van der Waals surface area (Å²) in [5.74, 6) is 0.00660. The van der Waals surface area contributed by atoms with Gasteiger partial charge in [-0.1, -0.05) is 60.7 Å². The molecule has 0 saturated carbocycles. The Kier molecular flexibility index (Phi) is 8.56. The van der Waals surface area contributed by atoms with Crippen molar-refractivity contribution in [2.75, 3.05) is 0 Å². The van der Waals surface area contributed by atoms with Gasteiger partial charge in [-0.3, -0.25) is 9.59 Å². The topological polar surface area (TPSA) is 58.2 Å². The molecule has 144 valence electrons. The fraction of sp³-hybridized carbons (Fsp3) is 0.391. The molecule has 0 saturated heterocycles. The first-order valence-electron chi connectivity index (χ1n) is 9.69. The van der Waals surface area contributed by atoms with Crippen LogP contribution in [0.3, 0.4) is 0 Å². The van der Waals surface area contributed by atoms with Gasteiger partial charge in [0.2, 0.25) is 11.8 Å². The van der Waals surface area contributed by atoms with E-state index in [0.29, 0.717) is 19.3 Å². The first-order chi connectivity index (χ1) is 13.0. The second-order valence-electron chi connectivity index (χ2n) is 7.17. The predicted octanol–water partition coefficient (Wildman–Crippen LogP) is 3.65. The molecule has 2 N–H and O–H groups in total. The molecular formula is C23H30N2O2. The summed E-state index contributed by atoms with van der Waals surface area (Å²) >= 11 is 0. The Bertz CT molecular complexity index is 639. The smallest absolute Gasteiger partial charge is 0.220 e. The number of rotatable bonds is 10. The van der Waals surface area contributed by atoms with Gasteiger partial charge in [-0.05, 0) is 44.2 Å². The van der Waals surface area contributed by atoms with Crippen molar-refractivity contribution in [1.82, 2.24) is 10.6 Å². The molecule has 0 aromatic heterocycles. The van der Waals surface area contributed by atoms with Crippen LogP contribution in [-0.4, -0.2) is 23.9 Å². The number of carbonyl (C=O) groups excluding carboxylic acids is 2. The molecule has 27 heavy (non-hydrogen) atoms. The lowest BCUT2D eigenvalue weighted by Gasteiger charge is -2.15. The van der Waals surface area contributed by atoms with Gasteiger partial charge in [0.1, 0.15) is 0 Å². The highest BCUT2D eigenvalue weighted by Crippen LogP contribution is 2.05. The molecular weight excluding hydrogens is 336 g/mol. The molecule has 0 unspecified atom stereocenters. The van der Waals surface area contributed by atoms with Gasteiger partial charge in [0.25, 0.3) is 0 Å². The zero-order valence-electron chi connectivity index (χ0n) is 16.3. The first kappa shape index (κ1) is 20.7. The van der Waals surface area contributed by atoms with Crippen LogP contribution in [0.25, 0.3) is 0 Å². The Balaban J connectivity index is 1.60. The van der Waals surface area contributed by atoms with Crippen LogP contribution < -0.4 is 10.6 Å². The normalized spacial score (nSPS) is 12.8. The van der Waals surface area contributed by atoms with Crippen LogP contribution in [0.5, 0.6) is 0 Å². The van der Waals surface area contributed by atoms with Gasteiger partial charge in [0, 0.05) is 24.9 Å². The van der Waals surface area contributed by atoms with Crippen molar-refractivity contribution < 1.29 is 9.59 Å². The SMILES string of the molecule is C[C@H](Cc1ccccc1)NC(=O)CCCC(=O)N[C@@H](C)Cc1ccccc1. The summed E-state index contributed by atoms with van der Waals surface area (Å²) in [5, 5.41) is 6.01. The maximum atomic E-state index is 12.0. The Labute approximate surface area is 162 Å². The Morgan fingerprint density at radius 1 is 0.704 bits per heavy atom. The molecule has 2 atom stereocenters. The monoisotopic (exact) mass is 366 g/mol.